The Labute approximate surface area is 96.9 Å². The number of likely N-dealkylation sites (tertiary alicyclic amines) is 1. The molecule has 16 heavy (non-hydrogen) atoms. The van der Waals surface area contributed by atoms with Gasteiger partial charge in [0.1, 0.15) is 0 Å². The Balaban J connectivity index is 2.05. The van der Waals surface area contributed by atoms with Crippen LogP contribution in [0.5, 0.6) is 0 Å². The van der Waals surface area contributed by atoms with Gasteiger partial charge in [0.2, 0.25) is 0 Å². The quantitative estimate of drug-likeness (QED) is 0.829. The molecule has 0 saturated carbocycles. The Morgan fingerprint density at radius 2 is 2.31 bits per heavy atom. The maximum absolute atomic E-state index is 9.49. The van der Waals surface area contributed by atoms with E-state index >= 15 is 0 Å². The Kier molecular flexibility index (Phi) is 3.61. The zero-order valence-electron chi connectivity index (χ0n) is 10.2. The summed E-state index contributed by atoms with van der Waals surface area (Å²) in [6.45, 7) is 7.89. The van der Waals surface area contributed by atoms with Gasteiger partial charge >= 0.3 is 0 Å². The number of aliphatic hydroxyl groups is 1. The van der Waals surface area contributed by atoms with Gasteiger partial charge in [0, 0.05) is 26.2 Å². The van der Waals surface area contributed by atoms with Gasteiger partial charge in [-0.25, -0.2) is 0 Å². The molecule has 1 aromatic rings. The van der Waals surface area contributed by atoms with E-state index in [2.05, 4.69) is 34.6 Å². The van der Waals surface area contributed by atoms with Crippen molar-refractivity contribution < 1.29 is 5.11 Å². The normalized spacial score (nSPS) is 21.8. The van der Waals surface area contributed by atoms with Gasteiger partial charge in [-0.05, 0) is 25.8 Å². The van der Waals surface area contributed by atoms with E-state index in [-0.39, 0.29) is 6.10 Å². The molecule has 0 unspecified atom stereocenters. The molecule has 2 heterocycles. The summed E-state index contributed by atoms with van der Waals surface area (Å²) in [5, 5.41) is 14.0. The minimum atomic E-state index is -0.136. The number of nitrogens with zero attached hydrogens (tertiary/aromatic N) is 3. The summed E-state index contributed by atoms with van der Waals surface area (Å²) < 4.78 is 2.07. The molecule has 2 rings (SSSR count). The van der Waals surface area contributed by atoms with Crippen molar-refractivity contribution in [2.45, 2.75) is 45.9 Å². The first kappa shape index (κ1) is 11.6. The standard InChI is InChI=1S/C12H21N3O/c1-3-10-7-11(15(4-2)13-10)8-14-6-5-12(16)9-14/h7,12,16H,3-6,8-9H2,1-2H3/t12-/m1/s1. The van der Waals surface area contributed by atoms with Crippen LogP contribution in [0, 0.1) is 0 Å². The van der Waals surface area contributed by atoms with E-state index in [1.54, 1.807) is 0 Å². The van der Waals surface area contributed by atoms with Gasteiger partial charge in [-0.1, -0.05) is 6.92 Å². The number of aliphatic hydroxyl groups excluding tert-OH is 1. The van der Waals surface area contributed by atoms with Crippen LogP contribution in [0.25, 0.3) is 0 Å². The van der Waals surface area contributed by atoms with Crippen molar-refractivity contribution in [1.82, 2.24) is 14.7 Å². The first-order valence-corrected chi connectivity index (χ1v) is 6.19. The first-order chi connectivity index (χ1) is 7.72. The fraction of sp³-hybridized carbons (Fsp3) is 0.750. The number of aromatic nitrogens is 2. The smallest absolute Gasteiger partial charge is 0.0679 e. The van der Waals surface area contributed by atoms with Gasteiger partial charge in [0.15, 0.2) is 0 Å². The van der Waals surface area contributed by atoms with Crippen LogP contribution in [-0.2, 0) is 19.5 Å². The van der Waals surface area contributed by atoms with Crippen molar-refractivity contribution >= 4 is 0 Å². The maximum atomic E-state index is 9.49. The summed E-state index contributed by atoms with van der Waals surface area (Å²) in [6.07, 6.45) is 1.76. The zero-order chi connectivity index (χ0) is 11.5. The molecule has 4 nitrogen and oxygen atoms in total. The second kappa shape index (κ2) is 4.97. The summed E-state index contributed by atoms with van der Waals surface area (Å²) >= 11 is 0. The predicted molar refractivity (Wildman–Crippen MR) is 63.2 cm³/mol. The lowest BCUT2D eigenvalue weighted by molar-refractivity contribution is 0.174. The molecule has 1 atom stereocenters. The molecule has 1 fully saturated rings. The van der Waals surface area contributed by atoms with E-state index in [0.717, 1.165) is 44.7 Å². The number of rotatable bonds is 4. The molecule has 1 aromatic heterocycles. The second-order valence-corrected chi connectivity index (χ2v) is 4.47. The number of hydrogen-bond donors (Lipinski definition) is 1. The molecule has 90 valence electrons. The Bertz CT molecular complexity index is 348. The van der Waals surface area contributed by atoms with Gasteiger partial charge < -0.3 is 5.11 Å². The third-order valence-electron chi connectivity index (χ3n) is 3.21. The lowest BCUT2D eigenvalue weighted by Gasteiger charge is -2.15. The van der Waals surface area contributed by atoms with Crippen molar-refractivity contribution in [3.8, 4) is 0 Å². The molecular formula is C12H21N3O. The second-order valence-electron chi connectivity index (χ2n) is 4.47. The van der Waals surface area contributed by atoms with Crippen molar-refractivity contribution in [3.05, 3.63) is 17.5 Å². The molecule has 0 radical (unpaired) electrons. The minimum absolute atomic E-state index is 0.136. The molecule has 0 spiro atoms. The Morgan fingerprint density at radius 1 is 1.50 bits per heavy atom. The molecule has 1 aliphatic heterocycles. The summed E-state index contributed by atoms with van der Waals surface area (Å²) in [5.41, 5.74) is 2.44. The highest BCUT2D eigenvalue weighted by Gasteiger charge is 2.21. The van der Waals surface area contributed by atoms with E-state index in [4.69, 9.17) is 0 Å². The third kappa shape index (κ3) is 2.44. The first-order valence-electron chi connectivity index (χ1n) is 6.19. The summed E-state index contributed by atoms with van der Waals surface area (Å²) in [6, 6.07) is 2.19. The fourth-order valence-electron chi connectivity index (χ4n) is 2.27. The van der Waals surface area contributed by atoms with E-state index in [0.29, 0.717) is 0 Å². The summed E-state index contributed by atoms with van der Waals surface area (Å²) in [4.78, 5) is 2.30. The molecule has 4 heteroatoms. The highest BCUT2D eigenvalue weighted by atomic mass is 16.3. The summed E-state index contributed by atoms with van der Waals surface area (Å²) in [5.74, 6) is 0. The highest BCUT2D eigenvalue weighted by molar-refractivity contribution is 5.10. The lowest BCUT2D eigenvalue weighted by Crippen LogP contribution is -2.23. The maximum Gasteiger partial charge on any atom is 0.0679 e. The van der Waals surface area contributed by atoms with Crippen LogP contribution in [0.2, 0.25) is 0 Å². The van der Waals surface area contributed by atoms with E-state index in [1.807, 2.05) is 0 Å². The molecule has 0 aliphatic carbocycles. The van der Waals surface area contributed by atoms with Gasteiger partial charge in [-0.3, -0.25) is 9.58 Å². The molecule has 1 aliphatic rings. The summed E-state index contributed by atoms with van der Waals surface area (Å²) in [7, 11) is 0. The number of aryl methyl sites for hydroxylation is 2. The monoisotopic (exact) mass is 223 g/mol. The van der Waals surface area contributed by atoms with Crippen molar-refractivity contribution in [2.75, 3.05) is 13.1 Å². The fourth-order valence-corrected chi connectivity index (χ4v) is 2.27. The van der Waals surface area contributed by atoms with E-state index < -0.39 is 0 Å². The Morgan fingerprint density at radius 3 is 2.88 bits per heavy atom. The minimum Gasteiger partial charge on any atom is -0.392 e. The van der Waals surface area contributed by atoms with Gasteiger partial charge in [-0.2, -0.15) is 5.10 Å². The van der Waals surface area contributed by atoms with E-state index in [9.17, 15) is 5.11 Å². The molecule has 0 aromatic carbocycles. The molecule has 1 saturated heterocycles. The van der Waals surface area contributed by atoms with Crippen LogP contribution in [-0.4, -0.2) is 39.0 Å². The van der Waals surface area contributed by atoms with Crippen LogP contribution < -0.4 is 0 Å². The zero-order valence-corrected chi connectivity index (χ0v) is 10.2. The molecule has 0 amide bonds. The van der Waals surface area contributed by atoms with E-state index in [1.165, 1.54) is 5.69 Å². The van der Waals surface area contributed by atoms with Gasteiger partial charge in [-0.15, -0.1) is 0 Å². The van der Waals surface area contributed by atoms with Crippen molar-refractivity contribution in [3.63, 3.8) is 0 Å². The lowest BCUT2D eigenvalue weighted by atomic mass is 10.3. The Hall–Kier alpha value is -0.870. The van der Waals surface area contributed by atoms with Gasteiger partial charge in [0.05, 0.1) is 17.5 Å². The van der Waals surface area contributed by atoms with Crippen molar-refractivity contribution in [1.29, 1.82) is 0 Å². The van der Waals surface area contributed by atoms with Crippen LogP contribution in [0.4, 0.5) is 0 Å². The largest absolute Gasteiger partial charge is 0.392 e. The van der Waals surface area contributed by atoms with Crippen molar-refractivity contribution in [2.24, 2.45) is 0 Å². The van der Waals surface area contributed by atoms with Crippen LogP contribution >= 0.6 is 0 Å². The highest BCUT2D eigenvalue weighted by Crippen LogP contribution is 2.14. The average Bonchev–Trinajstić information content (AvgIpc) is 2.85. The van der Waals surface area contributed by atoms with Crippen LogP contribution in [0.3, 0.4) is 0 Å². The third-order valence-corrected chi connectivity index (χ3v) is 3.21. The van der Waals surface area contributed by atoms with Gasteiger partial charge in [0.25, 0.3) is 0 Å². The number of β-amino-alcohol motifs (C(OH)–C–C–N with tert-alkyl or cyclic N) is 1. The molecule has 0 bridgehead atoms. The number of hydrogen-bond acceptors (Lipinski definition) is 3. The predicted octanol–water partition coefficient (Wildman–Crippen LogP) is 1.03. The topological polar surface area (TPSA) is 41.3 Å². The average molecular weight is 223 g/mol. The van der Waals surface area contributed by atoms with Crippen LogP contribution in [0.15, 0.2) is 6.07 Å². The van der Waals surface area contributed by atoms with Crippen LogP contribution in [0.1, 0.15) is 31.7 Å². The molecule has 1 N–H and O–H groups in total. The SMILES string of the molecule is CCc1cc(CN2CC[C@@H](O)C2)n(CC)n1. The molecular weight excluding hydrogens is 202 g/mol.